The van der Waals surface area contributed by atoms with Crippen LogP contribution in [0.25, 0.3) is 0 Å². The number of ether oxygens (including phenoxy) is 1. The third kappa shape index (κ3) is 8.67. The van der Waals surface area contributed by atoms with Crippen LogP contribution >= 0.6 is 24.0 Å². The zero-order valence-electron chi connectivity index (χ0n) is 18.0. The lowest BCUT2D eigenvalue weighted by Gasteiger charge is -2.20. The van der Waals surface area contributed by atoms with Crippen molar-refractivity contribution in [2.75, 3.05) is 39.5 Å². The van der Waals surface area contributed by atoms with Gasteiger partial charge in [-0.05, 0) is 42.9 Å². The third-order valence-electron chi connectivity index (χ3n) is 4.82. The maximum absolute atomic E-state index is 11.6. The Bertz CT molecular complexity index is 753. The van der Waals surface area contributed by atoms with E-state index >= 15 is 0 Å². The molecule has 1 aromatic carbocycles. The van der Waals surface area contributed by atoms with E-state index in [-0.39, 0.29) is 30.0 Å². The second-order valence-electron chi connectivity index (χ2n) is 7.87. The monoisotopic (exact) mass is 538 g/mol. The van der Waals surface area contributed by atoms with Gasteiger partial charge in [-0.3, -0.25) is 4.99 Å². The van der Waals surface area contributed by atoms with Crippen LogP contribution in [-0.2, 0) is 10.0 Å². The number of guanidine groups is 1. The molecule has 0 bridgehead atoms. The number of hydrogen-bond acceptors (Lipinski definition) is 4. The van der Waals surface area contributed by atoms with Gasteiger partial charge in [0.1, 0.15) is 5.75 Å². The number of rotatable bonds is 8. The highest BCUT2D eigenvalue weighted by Gasteiger charge is 2.28. The Morgan fingerprint density at radius 1 is 1.28 bits per heavy atom. The lowest BCUT2D eigenvalue weighted by Crippen LogP contribution is -2.41. The molecule has 2 atom stereocenters. The summed E-state index contributed by atoms with van der Waals surface area (Å²) in [6, 6.07) is 8.18. The highest BCUT2D eigenvalue weighted by molar-refractivity contribution is 14.0. The molecule has 1 fully saturated rings. The summed E-state index contributed by atoms with van der Waals surface area (Å²) in [5, 5.41) is 6.71. The highest BCUT2D eigenvalue weighted by Crippen LogP contribution is 2.19. The van der Waals surface area contributed by atoms with E-state index in [1.54, 1.807) is 11.4 Å². The molecule has 0 radical (unpaired) electrons. The quantitative estimate of drug-likeness (QED) is 0.302. The Morgan fingerprint density at radius 3 is 2.45 bits per heavy atom. The van der Waals surface area contributed by atoms with E-state index in [0.29, 0.717) is 44.0 Å². The van der Waals surface area contributed by atoms with E-state index in [2.05, 4.69) is 48.5 Å². The average molecular weight is 538 g/mol. The van der Waals surface area contributed by atoms with Crippen LogP contribution in [0, 0.1) is 11.8 Å². The van der Waals surface area contributed by atoms with E-state index < -0.39 is 10.0 Å². The van der Waals surface area contributed by atoms with Crippen molar-refractivity contribution in [3.8, 4) is 5.75 Å². The molecule has 29 heavy (non-hydrogen) atoms. The fraction of sp³-hybridized carbons (Fsp3) is 0.650. The Balaban J connectivity index is 0.00000420. The summed E-state index contributed by atoms with van der Waals surface area (Å²) in [5.74, 6) is 2.38. The Hall–Kier alpha value is -1.07. The van der Waals surface area contributed by atoms with Crippen LogP contribution in [0.5, 0.6) is 5.75 Å². The van der Waals surface area contributed by atoms with E-state index in [9.17, 15) is 8.42 Å². The lowest BCUT2D eigenvalue weighted by molar-refractivity contribution is 0.271. The van der Waals surface area contributed by atoms with Gasteiger partial charge < -0.3 is 15.4 Å². The Morgan fingerprint density at radius 2 is 1.93 bits per heavy atom. The van der Waals surface area contributed by atoms with Crippen LogP contribution in [-0.4, -0.2) is 58.2 Å². The molecule has 1 saturated heterocycles. The first-order valence-corrected chi connectivity index (χ1v) is 11.7. The molecule has 2 unspecified atom stereocenters. The van der Waals surface area contributed by atoms with Crippen LogP contribution < -0.4 is 15.4 Å². The number of aliphatic imine (C=N–C) groups is 1. The molecule has 0 saturated carbocycles. The van der Waals surface area contributed by atoms with Crippen molar-refractivity contribution >= 4 is 40.0 Å². The van der Waals surface area contributed by atoms with Gasteiger partial charge in [-0.25, -0.2) is 12.7 Å². The molecule has 0 amide bonds. The van der Waals surface area contributed by atoms with Gasteiger partial charge in [0.15, 0.2) is 5.96 Å². The third-order valence-corrected chi connectivity index (χ3v) is 6.09. The van der Waals surface area contributed by atoms with Crippen molar-refractivity contribution in [1.82, 2.24) is 14.9 Å². The smallest absolute Gasteiger partial charge is 0.211 e. The zero-order chi connectivity index (χ0) is 20.7. The van der Waals surface area contributed by atoms with Crippen LogP contribution in [0.15, 0.2) is 29.3 Å². The highest BCUT2D eigenvalue weighted by atomic mass is 127. The fourth-order valence-electron chi connectivity index (χ4n) is 3.10. The van der Waals surface area contributed by atoms with Crippen molar-refractivity contribution in [3.63, 3.8) is 0 Å². The van der Waals surface area contributed by atoms with Crippen LogP contribution in [0.3, 0.4) is 0 Å². The largest absolute Gasteiger partial charge is 0.493 e. The van der Waals surface area contributed by atoms with Crippen molar-refractivity contribution in [1.29, 1.82) is 0 Å². The standard InChI is InChI=1S/C20H34N4O3S.HI/c1-15(2)14-27-19-8-6-18(7-9-19)16(3)23-20(21-4)22-12-17-10-11-24(13-17)28(5,25)26;/h6-9,15-17H,10-14H2,1-5H3,(H2,21,22,23);1H. The Labute approximate surface area is 192 Å². The summed E-state index contributed by atoms with van der Waals surface area (Å²) < 4.78 is 30.5. The maximum atomic E-state index is 11.6. The molecule has 166 valence electrons. The topological polar surface area (TPSA) is 83.0 Å². The minimum Gasteiger partial charge on any atom is -0.493 e. The molecule has 9 heteroatoms. The number of halogens is 1. The van der Waals surface area contributed by atoms with E-state index in [1.807, 2.05) is 12.1 Å². The van der Waals surface area contributed by atoms with Crippen LogP contribution in [0.1, 0.15) is 38.8 Å². The first-order chi connectivity index (χ1) is 13.2. The summed E-state index contributed by atoms with van der Waals surface area (Å²) in [7, 11) is -1.36. The van der Waals surface area contributed by atoms with Gasteiger partial charge >= 0.3 is 0 Å². The fourth-order valence-corrected chi connectivity index (χ4v) is 4.02. The van der Waals surface area contributed by atoms with E-state index in [1.165, 1.54) is 6.26 Å². The molecule has 7 nitrogen and oxygen atoms in total. The van der Waals surface area contributed by atoms with E-state index in [4.69, 9.17) is 4.74 Å². The van der Waals surface area contributed by atoms with Crippen molar-refractivity contribution in [3.05, 3.63) is 29.8 Å². The van der Waals surface area contributed by atoms with Crippen molar-refractivity contribution in [2.24, 2.45) is 16.8 Å². The molecule has 1 aliphatic heterocycles. The second kappa shape index (κ2) is 11.9. The second-order valence-corrected chi connectivity index (χ2v) is 9.85. The number of benzene rings is 1. The summed E-state index contributed by atoms with van der Waals surface area (Å²) in [6.07, 6.45) is 2.13. The van der Waals surface area contributed by atoms with Gasteiger partial charge in [0.2, 0.25) is 10.0 Å². The van der Waals surface area contributed by atoms with Crippen molar-refractivity contribution < 1.29 is 13.2 Å². The molecular weight excluding hydrogens is 503 g/mol. The van der Waals surface area contributed by atoms with Gasteiger partial charge in [0, 0.05) is 26.7 Å². The first kappa shape index (κ1) is 26.0. The number of hydrogen-bond donors (Lipinski definition) is 2. The molecule has 1 heterocycles. The maximum Gasteiger partial charge on any atom is 0.211 e. The summed E-state index contributed by atoms with van der Waals surface area (Å²) in [5.41, 5.74) is 1.14. The average Bonchev–Trinajstić information content (AvgIpc) is 3.13. The molecule has 1 aliphatic rings. The molecular formula is C20H35IN4O3S. The molecule has 0 spiro atoms. The van der Waals surface area contributed by atoms with Gasteiger partial charge in [-0.2, -0.15) is 0 Å². The van der Waals surface area contributed by atoms with Gasteiger partial charge in [-0.15, -0.1) is 24.0 Å². The SMILES string of the molecule is CN=C(NCC1CCN(S(C)(=O)=O)C1)NC(C)c1ccc(OCC(C)C)cc1.I. The predicted molar refractivity (Wildman–Crippen MR) is 130 cm³/mol. The van der Waals surface area contributed by atoms with Crippen LogP contribution in [0.4, 0.5) is 0 Å². The van der Waals surface area contributed by atoms with E-state index in [0.717, 1.165) is 17.7 Å². The van der Waals surface area contributed by atoms with Crippen LogP contribution in [0.2, 0.25) is 0 Å². The minimum absolute atomic E-state index is 0. The van der Waals surface area contributed by atoms with Gasteiger partial charge in [0.25, 0.3) is 0 Å². The summed E-state index contributed by atoms with van der Waals surface area (Å²) >= 11 is 0. The van der Waals surface area contributed by atoms with Crippen molar-refractivity contribution in [2.45, 2.75) is 33.2 Å². The number of sulfonamides is 1. The summed E-state index contributed by atoms with van der Waals surface area (Å²) in [4.78, 5) is 4.29. The molecule has 2 N–H and O–H groups in total. The lowest BCUT2D eigenvalue weighted by atomic mass is 10.1. The number of nitrogens with zero attached hydrogens (tertiary/aromatic N) is 2. The molecule has 1 aromatic rings. The molecule has 2 rings (SSSR count). The Kier molecular flexibility index (Phi) is 10.7. The predicted octanol–water partition coefficient (Wildman–Crippen LogP) is 2.85. The zero-order valence-corrected chi connectivity index (χ0v) is 21.2. The first-order valence-electron chi connectivity index (χ1n) is 9.84. The van der Waals surface area contributed by atoms with Gasteiger partial charge in [-0.1, -0.05) is 26.0 Å². The van der Waals surface area contributed by atoms with Gasteiger partial charge in [0.05, 0.1) is 18.9 Å². The molecule has 0 aliphatic carbocycles. The normalized spacial score (nSPS) is 19.0. The number of nitrogens with one attached hydrogen (secondary N) is 2. The minimum atomic E-state index is -3.10. The molecule has 0 aromatic heterocycles. The summed E-state index contributed by atoms with van der Waals surface area (Å²) in [6.45, 7) is 8.90.